The van der Waals surface area contributed by atoms with Gasteiger partial charge in [0.2, 0.25) is 5.91 Å². The average Bonchev–Trinajstić information content (AvgIpc) is 2.87. The van der Waals surface area contributed by atoms with Crippen molar-refractivity contribution in [3.8, 4) is 11.5 Å². The van der Waals surface area contributed by atoms with Crippen LogP contribution >= 0.6 is 23.2 Å². The van der Waals surface area contributed by atoms with Crippen LogP contribution in [0.5, 0.6) is 11.5 Å². The molecule has 3 N–H and O–H groups in total. The molecule has 4 aromatic carbocycles. The number of rotatable bonds is 8. The molecule has 0 radical (unpaired) electrons. The third kappa shape index (κ3) is 6.83. The van der Waals surface area contributed by atoms with E-state index in [1.165, 1.54) is 49.4 Å². The maximum atomic E-state index is 13.1. The molecule has 0 spiro atoms. The van der Waals surface area contributed by atoms with Gasteiger partial charge in [-0.25, -0.2) is 8.42 Å². The highest BCUT2D eigenvalue weighted by molar-refractivity contribution is 7.92. The summed E-state index contributed by atoms with van der Waals surface area (Å²) in [4.78, 5) is 24.2. The van der Waals surface area contributed by atoms with Crippen molar-refractivity contribution >= 4 is 62.1 Å². The molecule has 0 aromatic heterocycles. The van der Waals surface area contributed by atoms with Crippen molar-refractivity contribution in [2.75, 3.05) is 15.4 Å². The lowest BCUT2D eigenvalue weighted by atomic mass is 10.1. The van der Waals surface area contributed by atoms with E-state index in [1.54, 1.807) is 48.5 Å². The Morgan fingerprint density at radius 1 is 0.789 bits per heavy atom. The smallest absolute Gasteiger partial charge is 0.261 e. The number of carbonyl (C=O) groups excluding carboxylic acids is 2. The molecule has 0 unspecified atom stereocenters. The first-order valence-corrected chi connectivity index (χ1v) is 13.4. The van der Waals surface area contributed by atoms with Gasteiger partial charge in [-0.3, -0.25) is 14.3 Å². The van der Waals surface area contributed by atoms with Crippen LogP contribution in [0.3, 0.4) is 0 Å². The predicted octanol–water partition coefficient (Wildman–Crippen LogP) is 6.80. The lowest BCUT2D eigenvalue weighted by molar-refractivity contribution is -0.114. The highest BCUT2D eigenvalue weighted by Crippen LogP contribution is 2.30. The largest absolute Gasteiger partial charge is 0.456 e. The van der Waals surface area contributed by atoms with Crippen LogP contribution in [0, 0.1) is 0 Å². The Hall–Kier alpha value is -4.05. The van der Waals surface area contributed by atoms with Crippen LogP contribution in [0.4, 0.5) is 17.1 Å². The van der Waals surface area contributed by atoms with Gasteiger partial charge in [0.15, 0.2) is 0 Å². The molecule has 38 heavy (non-hydrogen) atoms. The van der Waals surface area contributed by atoms with Gasteiger partial charge in [-0.1, -0.05) is 35.3 Å². The number of ether oxygens (including phenoxy) is 1. The number of para-hydroxylation sites is 1. The molecule has 0 aliphatic carbocycles. The maximum absolute atomic E-state index is 13.1. The van der Waals surface area contributed by atoms with Crippen molar-refractivity contribution in [3.05, 3.63) is 107 Å². The standard InChI is InChI=1S/C27H21Cl2N3O5S/c1-17(33)30-19-7-9-20(10-8-19)31-27(34)23-16-18(28)6-15-25(23)32-38(35,36)22-13-11-21(12-14-22)37-26-5-3-2-4-24(26)29/h2-16,32H,1H3,(H,30,33)(H,31,34). The van der Waals surface area contributed by atoms with Gasteiger partial charge in [-0.05, 0) is 78.9 Å². The van der Waals surface area contributed by atoms with Gasteiger partial charge in [0.05, 0.1) is 21.2 Å². The number of hydrogen-bond donors (Lipinski definition) is 3. The van der Waals surface area contributed by atoms with E-state index in [0.29, 0.717) is 27.9 Å². The number of sulfonamides is 1. The second-order valence-electron chi connectivity index (χ2n) is 8.01. The molecule has 8 nitrogen and oxygen atoms in total. The summed E-state index contributed by atoms with van der Waals surface area (Å²) in [6.07, 6.45) is 0. The van der Waals surface area contributed by atoms with Crippen molar-refractivity contribution in [3.63, 3.8) is 0 Å². The van der Waals surface area contributed by atoms with Gasteiger partial charge in [0.25, 0.3) is 15.9 Å². The molecule has 0 bridgehead atoms. The predicted molar refractivity (Wildman–Crippen MR) is 149 cm³/mol. The topological polar surface area (TPSA) is 114 Å². The zero-order valence-electron chi connectivity index (χ0n) is 19.9. The van der Waals surface area contributed by atoms with E-state index in [9.17, 15) is 18.0 Å². The molecule has 0 aliphatic rings. The van der Waals surface area contributed by atoms with Gasteiger partial charge in [-0.2, -0.15) is 0 Å². The molecule has 4 rings (SSSR count). The number of nitrogens with one attached hydrogen (secondary N) is 3. The van der Waals surface area contributed by atoms with Crippen molar-refractivity contribution in [1.29, 1.82) is 0 Å². The molecule has 0 saturated heterocycles. The van der Waals surface area contributed by atoms with Crippen LogP contribution in [-0.4, -0.2) is 20.2 Å². The number of carbonyl (C=O) groups is 2. The van der Waals surface area contributed by atoms with E-state index in [2.05, 4.69) is 15.4 Å². The van der Waals surface area contributed by atoms with Crippen molar-refractivity contribution in [1.82, 2.24) is 0 Å². The van der Waals surface area contributed by atoms with Gasteiger partial charge in [-0.15, -0.1) is 0 Å². The maximum Gasteiger partial charge on any atom is 0.261 e. The average molecular weight is 570 g/mol. The van der Waals surface area contributed by atoms with Gasteiger partial charge >= 0.3 is 0 Å². The van der Waals surface area contributed by atoms with Crippen LogP contribution in [0.1, 0.15) is 17.3 Å². The normalized spacial score (nSPS) is 10.9. The second-order valence-corrected chi connectivity index (χ2v) is 10.5. The first-order chi connectivity index (χ1) is 18.1. The molecule has 0 heterocycles. The highest BCUT2D eigenvalue weighted by atomic mass is 35.5. The molecule has 11 heteroatoms. The Labute approximate surface area is 229 Å². The van der Waals surface area contributed by atoms with Crippen LogP contribution in [-0.2, 0) is 14.8 Å². The monoisotopic (exact) mass is 569 g/mol. The molecule has 0 saturated carbocycles. The Kier molecular flexibility index (Phi) is 8.21. The Bertz CT molecular complexity index is 1590. The van der Waals surface area contributed by atoms with Crippen molar-refractivity contribution in [2.24, 2.45) is 0 Å². The van der Waals surface area contributed by atoms with Crippen LogP contribution < -0.4 is 20.1 Å². The second kappa shape index (κ2) is 11.6. The minimum atomic E-state index is -4.06. The zero-order chi connectivity index (χ0) is 27.3. The molecule has 0 atom stereocenters. The highest BCUT2D eigenvalue weighted by Gasteiger charge is 2.20. The summed E-state index contributed by atoms with van der Waals surface area (Å²) in [5.74, 6) is 0.0268. The minimum absolute atomic E-state index is 0.0192. The summed E-state index contributed by atoms with van der Waals surface area (Å²) in [7, 11) is -4.06. The van der Waals surface area contributed by atoms with Crippen LogP contribution in [0.15, 0.2) is 95.9 Å². The summed E-state index contributed by atoms with van der Waals surface area (Å²) in [6.45, 7) is 1.39. The summed E-state index contributed by atoms with van der Waals surface area (Å²) in [5, 5.41) is 6.00. The van der Waals surface area contributed by atoms with E-state index in [0.717, 1.165) is 0 Å². The van der Waals surface area contributed by atoms with E-state index < -0.39 is 15.9 Å². The Balaban J connectivity index is 1.51. The van der Waals surface area contributed by atoms with Crippen molar-refractivity contribution in [2.45, 2.75) is 11.8 Å². The van der Waals surface area contributed by atoms with Crippen molar-refractivity contribution < 1.29 is 22.7 Å². The number of hydrogen-bond acceptors (Lipinski definition) is 5. The fraction of sp³-hybridized carbons (Fsp3) is 0.0370. The summed E-state index contributed by atoms with van der Waals surface area (Å²) >= 11 is 12.2. The third-order valence-corrected chi connectivity index (χ3v) is 7.06. The Morgan fingerprint density at radius 2 is 1.42 bits per heavy atom. The van der Waals surface area contributed by atoms with E-state index in [4.69, 9.17) is 27.9 Å². The molecular weight excluding hydrogens is 549 g/mol. The summed E-state index contributed by atoms with van der Waals surface area (Å²) < 4.78 is 34.3. The lowest BCUT2D eigenvalue weighted by Gasteiger charge is -2.14. The minimum Gasteiger partial charge on any atom is -0.456 e. The summed E-state index contributed by atoms with van der Waals surface area (Å²) in [6, 6.07) is 23.3. The van der Waals surface area contributed by atoms with E-state index in [-0.39, 0.29) is 27.1 Å². The van der Waals surface area contributed by atoms with Crippen LogP contribution in [0.2, 0.25) is 10.0 Å². The Morgan fingerprint density at radius 3 is 2.05 bits per heavy atom. The molecule has 0 aliphatic heterocycles. The lowest BCUT2D eigenvalue weighted by Crippen LogP contribution is -2.18. The zero-order valence-corrected chi connectivity index (χ0v) is 22.2. The molecule has 0 fully saturated rings. The number of benzene rings is 4. The SMILES string of the molecule is CC(=O)Nc1ccc(NC(=O)c2cc(Cl)ccc2NS(=O)(=O)c2ccc(Oc3ccccc3Cl)cc2)cc1. The first kappa shape index (κ1) is 27.0. The van der Waals surface area contributed by atoms with E-state index in [1.807, 2.05) is 0 Å². The number of amides is 2. The number of halogens is 2. The van der Waals surface area contributed by atoms with Gasteiger partial charge in [0.1, 0.15) is 11.5 Å². The third-order valence-electron chi connectivity index (χ3n) is 5.13. The molecular formula is C27H21Cl2N3O5S. The van der Waals surface area contributed by atoms with E-state index >= 15 is 0 Å². The number of anilines is 3. The first-order valence-electron chi connectivity index (χ1n) is 11.1. The van der Waals surface area contributed by atoms with Crippen LogP contribution in [0.25, 0.3) is 0 Å². The van der Waals surface area contributed by atoms with Gasteiger partial charge < -0.3 is 15.4 Å². The van der Waals surface area contributed by atoms with Gasteiger partial charge in [0, 0.05) is 23.3 Å². The fourth-order valence-corrected chi connectivity index (χ4v) is 4.80. The quantitative estimate of drug-likeness (QED) is 0.216. The molecule has 4 aromatic rings. The molecule has 2 amide bonds. The fourth-order valence-electron chi connectivity index (χ4n) is 3.38. The summed E-state index contributed by atoms with van der Waals surface area (Å²) in [5.41, 5.74) is 1.06. The molecule has 194 valence electrons.